The summed E-state index contributed by atoms with van der Waals surface area (Å²) in [6.45, 7) is 2.11. The molecule has 0 bridgehead atoms. The topological polar surface area (TPSA) is 113 Å². The highest BCUT2D eigenvalue weighted by Gasteiger charge is 2.36. The molecule has 1 amide bonds. The molecule has 5 rings (SSSR count). The van der Waals surface area contributed by atoms with Gasteiger partial charge in [0, 0.05) is 41.2 Å². The zero-order valence-electron chi connectivity index (χ0n) is 19.0. The Labute approximate surface area is 201 Å². The molecule has 2 N–H and O–H groups in total. The number of nitro groups is 1. The number of hydrogen-bond acceptors (Lipinski definition) is 5. The number of fused-ring (bicyclic) bond motifs is 1. The van der Waals surface area contributed by atoms with Crippen molar-refractivity contribution in [2.75, 3.05) is 5.32 Å². The third-order valence-electron chi connectivity index (χ3n) is 6.25. The van der Waals surface area contributed by atoms with Crippen LogP contribution in [0.2, 0.25) is 0 Å². The zero-order chi connectivity index (χ0) is 24.4. The molecule has 8 nitrogen and oxygen atoms in total. The number of aromatic nitrogens is 2. The van der Waals surface area contributed by atoms with E-state index in [1.165, 1.54) is 12.1 Å². The summed E-state index contributed by atoms with van der Waals surface area (Å²) in [7, 11) is 0. The molecular weight excluding hydrogens is 442 g/mol. The normalized spacial score (nSPS) is 16.0. The summed E-state index contributed by atoms with van der Waals surface area (Å²) >= 11 is 0. The number of carbonyl (C=O) groups is 1. The van der Waals surface area contributed by atoms with Crippen molar-refractivity contribution in [2.24, 2.45) is 4.99 Å². The number of aliphatic imine (C=N–C) groups is 1. The molecule has 1 aliphatic rings. The second kappa shape index (κ2) is 9.34. The van der Waals surface area contributed by atoms with E-state index in [9.17, 15) is 14.9 Å². The number of anilines is 1. The van der Waals surface area contributed by atoms with Crippen molar-refractivity contribution in [2.45, 2.75) is 25.2 Å². The maximum Gasteiger partial charge on any atom is 0.269 e. The summed E-state index contributed by atoms with van der Waals surface area (Å²) in [5, 5.41) is 14.3. The van der Waals surface area contributed by atoms with Crippen molar-refractivity contribution in [3.63, 3.8) is 0 Å². The molecule has 4 aromatic rings. The van der Waals surface area contributed by atoms with Crippen LogP contribution in [0.15, 0.2) is 90.3 Å². The molecule has 8 heteroatoms. The standard InChI is InChI=1S/C27H23N5O3/c1-2-21(24-15-28-16-29-24)18-9-6-10-19(13-18)30-26(17-7-4-3-5-8-17)25-22-14-20(32(34)35)11-12-23(22)31-27(25)33/h3-16,21,25H,2H2,1H3,(H,28,29)(H,31,33). The predicted octanol–water partition coefficient (Wildman–Crippen LogP) is 5.72. The first-order chi connectivity index (χ1) is 17.0. The van der Waals surface area contributed by atoms with Crippen LogP contribution in [0.3, 0.4) is 0 Å². The van der Waals surface area contributed by atoms with Crippen LogP contribution in [0.1, 0.15) is 47.6 Å². The highest BCUT2D eigenvalue weighted by atomic mass is 16.6. The van der Waals surface area contributed by atoms with Gasteiger partial charge in [-0.1, -0.05) is 49.4 Å². The summed E-state index contributed by atoms with van der Waals surface area (Å²) in [5.41, 5.74) is 5.16. The molecule has 0 aliphatic carbocycles. The Hall–Kier alpha value is -4.59. The van der Waals surface area contributed by atoms with E-state index in [0.29, 0.717) is 22.6 Å². The lowest BCUT2D eigenvalue weighted by Gasteiger charge is -2.16. The van der Waals surface area contributed by atoms with Crippen LogP contribution in [0.5, 0.6) is 0 Å². The van der Waals surface area contributed by atoms with Crippen LogP contribution < -0.4 is 5.32 Å². The maximum atomic E-state index is 13.1. The number of nitrogens with one attached hydrogen (secondary N) is 2. The number of aromatic amines is 1. The average Bonchev–Trinajstić information content (AvgIpc) is 3.51. The largest absolute Gasteiger partial charge is 0.348 e. The van der Waals surface area contributed by atoms with Crippen LogP contribution >= 0.6 is 0 Å². The van der Waals surface area contributed by atoms with Gasteiger partial charge in [-0.25, -0.2) is 4.98 Å². The Balaban J connectivity index is 1.63. The molecule has 2 heterocycles. The Morgan fingerprint density at radius 3 is 2.66 bits per heavy atom. The minimum atomic E-state index is -0.773. The maximum absolute atomic E-state index is 13.1. The minimum Gasteiger partial charge on any atom is -0.348 e. The van der Waals surface area contributed by atoms with Gasteiger partial charge in [-0.2, -0.15) is 0 Å². The zero-order valence-corrected chi connectivity index (χ0v) is 19.0. The van der Waals surface area contributed by atoms with Gasteiger partial charge in [0.25, 0.3) is 5.69 Å². The van der Waals surface area contributed by atoms with E-state index in [-0.39, 0.29) is 17.5 Å². The SMILES string of the molecule is CCC(c1cccc(N=C(c2ccccc2)C2C(=O)Nc3ccc([N+](=O)[O-])cc32)c1)c1cnc[nH]1. The number of H-pyrrole nitrogens is 1. The predicted molar refractivity (Wildman–Crippen MR) is 134 cm³/mol. The van der Waals surface area contributed by atoms with E-state index in [2.05, 4.69) is 28.3 Å². The van der Waals surface area contributed by atoms with Gasteiger partial charge < -0.3 is 10.3 Å². The summed E-state index contributed by atoms with van der Waals surface area (Å²) in [6.07, 6.45) is 4.37. The number of nitro benzene ring substituents is 1. The van der Waals surface area contributed by atoms with Crippen molar-refractivity contribution in [3.05, 3.63) is 118 Å². The fourth-order valence-corrected chi connectivity index (χ4v) is 4.58. The van der Waals surface area contributed by atoms with Gasteiger partial charge in [0.2, 0.25) is 5.91 Å². The van der Waals surface area contributed by atoms with E-state index in [1.54, 1.807) is 12.4 Å². The molecule has 2 atom stereocenters. The van der Waals surface area contributed by atoms with E-state index >= 15 is 0 Å². The number of carbonyl (C=O) groups excluding carboxylic acids is 1. The molecule has 0 saturated heterocycles. The number of nitrogens with zero attached hydrogens (tertiary/aromatic N) is 3. The molecule has 174 valence electrons. The van der Waals surface area contributed by atoms with Crippen LogP contribution in [-0.2, 0) is 4.79 Å². The van der Waals surface area contributed by atoms with E-state index < -0.39 is 10.8 Å². The lowest BCUT2D eigenvalue weighted by Crippen LogP contribution is -2.22. The highest BCUT2D eigenvalue weighted by molar-refractivity contribution is 6.24. The van der Waals surface area contributed by atoms with Gasteiger partial charge in [-0.15, -0.1) is 0 Å². The van der Waals surface area contributed by atoms with Gasteiger partial charge in [-0.3, -0.25) is 19.9 Å². The first-order valence-electron chi connectivity index (χ1n) is 11.4. The number of benzene rings is 3. The fraction of sp³-hybridized carbons (Fsp3) is 0.148. The summed E-state index contributed by atoms with van der Waals surface area (Å²) in [4.78, 5) is 36.4. The molecule has 3 aromatic carbocycles. The fourth-order valence-electron chi connectivity index (χ4n) is 4.58. The molecule has 0 fully saturated rings. The number of amides is 1. The van der Waals surface area contributed by atoms with Crippen molar-refractivity contribution in [1.82, 2.24) is 9.97 Å². The Kier molecular flexibility index (Phi) is 5.93. The number of rotatable bonds is 7. The minimum absolute atomic E-state index is 0.0648. The van der Waals surface area contributed by atoms with Crippen molar-refractivity contribution in [3.8, 4) is 0 Å². The number of imidazole rings is 1. The van der Waals surface area contributed by atoms with Gasteiger partial charge in [0.05, 0.1) is 22.6 Å². The second-order valence-corrected chi connectivity index (χ2v) is 8.38. The molecule has 0 saturated carbocycles. The van der Waals surface area contributed by atoms with Crippen molar-refractivity contribution >= 4 is 28.7 Å². The van der Waals surface area contributed by atoms with E-state index in [4.69, 9.17) is 4.99 Å². The molecule has 0 radical (unpaired) electrons. The summed E-state index contributed by atoms with van der Waals surface area (Å²) < 4.78 is 0. The Morgan fingerprint density at radius 1 is 1.11 bits per heavy atom. The van der Waals surface area contributed by atoms with Gasteiger partial charge in [0.1, 0.15) is 5.92 Å². The molecular formula is C27H23N5O3. The first kappa shape index (κ1) is 22.2. The Bertz CT molecular complexity index is 1410. The van der Waals surface area contributed by atoms with Crippen molar-refractivity contribution in [1.29, 1.82) is 0 Å². The lowest BCUT2D eigenvalue weighted by molar-refractivity contribution is -0.384. The van der Waals surface area contributed by atoms with Crippen LogP contribution in [0, 0.1) is 10.1 Å². The molecule has 1 aromatic heterocycles. The van der Waals surface area contributed by atoms with Crippen LogP contribution in [0.4, 0.5) is 17.1 Å². The quantitative estimate of drug-likeness (QED) is 0.206. The third kappa shape index (κ3) is 4.33. The van der Waals surface area contributed by atoms with Crippen molar-refractivity contribution < 1.29 is 9.72 Å². The number of hydrogen-bond donors (Lipinski definition) is 2. The van der Waals surface area contributed by atoms with Gasteiger partial charge in [0.15, 0.2) is 0 Å². The number of non-ortho nitro benzene ring substituents is 1. The van der Waals surface area contributed by atoms with Crippen LogP contribution in [0.25, 0.3) is 0 Å². The average molecular weight is 466 g/mol. The highest BCUT2D eigenvalue weighted by Crippen LogP contribution is 2.38. The second-order valence-electron chi connectivity index (χ2n) is 8.38. The van der Waals surface area contributed by atoms with Crippen LogP contribution in [-0.4, -0.2) is 26.5 Å². The summed E-state index contributed by atoms with van der Waals surface area (Å²) in [6, 6.07) is 21.8. The van der Waals surface area contributed by atoms with Gasteiger partial charge in [-0.05, 0) is 35.7 Å². The summed E-state index contributed by atoms with van der Waals surface area (Å²) in [5.74, 6) is -0.903. The molecule has 0 spiro atoms. The van der Waals surface area contributed by atoms with Gasteiger partial charge >= 0.3 is 0 Å². The molecule has 1 aliphatic heterocycles. The third-order valence-corrected chi connectivity index (χ3v) is 6.25. The lowest BCUT2D eigenvalue weighted by atomic mass is 9.90. The molecule has 2 unspecified atom stereocenters. The Morgan fingerprint density at radius 2 is 1.94 bits per heavy atom. The molecule has 35 heavy (non-hydrogen) atoms. The first-order valence-corrected chi connectivity index (χ1v) is 11.4. The van der Waals surface area contributed by atoms with E-state index in [1.807, 2.05) is 54.7 Å². The smallest absolute Gasteiger partial charge is 0.269 e. The monoisotopic (exact) mass is 465 g/mol. The van der Waals surface area contributed by atoms with E-state index in [0.717, 1.165) is 23.2 Å².